The van der Waals surface area contributed by atoms with Gasteiger partial charge >= 0.3 is 6.09 Å². The fraction of sp³-hybridized carbons (Fsp3) is 0.316. The van der Waals surface area contributed by atoms with Gasteiger partial charge in [-0.15, -0.1) is 11.3 Å². The molecule has 1 aromatic heterocycles. The van der Waals surface area contributed by atoms with Crippen LogP contribution >= 0.6 is 54.8 Å². The van der Waals surface area contributed by atoms with Crippen molar-refractivity contribution in [2.45, 2.75) is 32.4 Å². The average molecular weight is 566 g/mol. The first kappa shape index (κ1) is 22.4. The van der Waals surface area contributed by atoms with Crippen LogP contribution in [0.25, 0.3) is 0 Å². The summed E-state index contributed by atoms with van der Waals surface area (Å²) in [6, 6.07) is 3.38. The number of carbonyl (C=O) groups is 1. The molecule has 0 N–H and O–H groups in total. The van der Waals surface area contributed by atoms with Crippen LogP contribution < -0.4 is 0 Å². The number of hydrogen-bond donors (Lipinski definition) is 0. The van der Waals surface area contributed by atoms with E-state index in [1.807, 2.05) is 0 Å². The largest absolute Gasteiger partial charge is 0.443 e. The number of halogens is 4. The Morgan fingerprint density at radius 3 is 2.69 bits per heavy atom. The van der Waals surface area contributed by atoms with Crippen LogP contribution in [-0.4, -0.2) is 32.7 Å². The molecule has 29 heavy (non-hydrogen) atoms. The van der Waals surface area contributed by atoms with E-state index in [1.54, 1.807) is 38.4 Å². The lowest BCUT2D eigenvalue weighted by atomic mass is 10.0. The zero-order chi connectivity index (χ0) is 21.3. The Kier molecular flexibility index (Phi) is 6.82. The molecule has 0 aliphatic carbocycles. The van der Waals surface area contributed by atoms with Crippen LogP contribution in [0.5, 0.6) is 0 Å². The molecular weight excluding hydrogens is 549 g/mol. The van der Waals surface area contributed by atoms with Gasteiger partial charge in [-0.25, -0.2) is 24.1 Å². The van der Waals surface area contributed by atoms with Gasteiger partial charge in [0.15, 0.2) is 10.8 Å². The SMILES string of the molecule is CC(C)(C)OC(=O)N1C(c2nccs2)=NC(CBr)=C(Br)[C@@H]1c1ccc(F)cc1Cl. The first-order chi connectivity index (χ1) is 13.6. The normalized spacial score (nSPS) is 17.4. The van der Waals surface area contributed by atoms with Crippen molar-refractivity contribution in [2.75, 3.05) is 5.33 Å². The predicted octanol–water partition coefficient (Wildman–Crippen LogP) is 6.68. The number of hydrogen-bond acceptors (Lipinski definition) is 5. The highest BCUT2D eigenvalue weighted by atomic mass is 79.9. The highest BCUT2D eigenvalue weighted by Crippen LogP contribution is 2.43. The lowest BCUT2D eigenvalue weighted by Gasteiger charge is -2.37. The first-order valence-electron chi connectivity index (χ1n) is 8.52. The molecule has 0 bridgehead atoms. The molecule has 3 rings (SSSR count). The van der Waals surface area contributed by atoms with Gasteiger partial charge in [-0.2, -0.15) is 0 Å². The van der Waals surface area contributed by atoms with Crippen LogP contribution in [0.1, 0.15) is 37.4 Å². The molecular formula is C19H17Br2ClFN3O2S. The summed E-state index contributed by atoms with van der Waals surface area (Å²) in [6.45, 7) is 5.34. The molecule has 0 fully saturated rings. The number of aromatic nitrogens is 1. The van der Waals surface area contributed by atoms with E-state index in [0.717, 1.165) is 0 Å². The topological polar surface area (TPSA) is 54.8 Å². The maximum atomic E-state index is 13.7. The van der Waals surface area contributed by atoms with Crippen LogP contribution in [0, 0.1) is 5.82 Å². The van der Waals surface area contributed by atoms with Gasteiger partial charge in [0.25, 0.3) is 0 Å². The van der Waals surface area contributed by atoms with Gasteiger partial charge in [0.05, 0.1) is 5.70 Å². The summed E-state index contributed by atoms with van der Waals surface area (Å²) in [5, 5.41) is 2.97. The number of rotatable bonds is 3. The number of aliphatic imine (C=N–C) groups is 1. The second kappa shape index (κ2) is 8.83. The standard InChI is InChI=1S/C19H17Br2ClFN3O2S/c1-19(2,3)28-18(27)26-15(11-5-4-10(23)8-12(11)22)14(21)13(9-20)25-16(26)17-24-6-7-29-17/h4-8,15H,9H2,1-3H3/t15-/m0/s1. The Balaban J connectivity index is 2.22. The van der Waals surface area contributed by atoms with E-state index < -0.39 is 23.6 Å². The summed E-state index contributed by atoms with van der Waals surface area (Å²) in [6.07, 6.45) is 1.03. The molecule has 1 atom stereocenters. The molecule has 0 spiro atoms. The van der Waals surface area contributed by atoms with Crippen molar-refractivity contribution in [3.8, 4) is 0 Å². The number of allylic oxidation sites excluding steroid dienone is 1. The van der Waals surface area contributed by atoms with E-state index in [4.69, 9.17) is 16.3 Å². The van der Waals surface area contributed by atoms with Gasteiger partial charge in [-0.05, 0) is 38.5 Å². The van der Waals surface area contributed by atoms with E-state index in [0.29, 0.717) is 31.9 Å². The fourth-order valence-electron chi connectivity index (χ4n) is 2.71. The summed E-state index contributed by atoms with van der Waals surface area (Å²) in [4.78, 5) is 23.6. The molecule has 154 valence electrons. The number of benzene rings is 1. The number of alkyl halides is 1. The van der Waals surface area contributed by atoms with Crippen LogP contribution in [0.15, 0.2) is 44.9 Å². The Morgan fingerprint density at radius 2 is 2.14 bits per heavy atom. The fourth-order valence-corrected chi connectivity index (χ4v) is 5.09. The van der Waals surface area contributed by atoms with Crippen LogP contribution in [0.3, 0.4) is 0 Å². The second-order valence-corrected chi connectivity index (χ2v) is 9.84. The minimum atomic E-state index is -0.728. The number of thiazole rings is 1. The lowest BCUT2D eigenvalue weighted by Crippen LogP contribution is -2.45. The van der Waals surface area contributed by atoms with E-state index in [1.165, 1.54) is 28.4 Å². The van der Waals surface area contributed by atoms with Crippen molar-refractivity contribution in [3.63, 3.8) is 0 Å². The van der Waals surface area contributed by atoms with Crippen LogP contribution in [0.4, 0.5) is 9.18 Å². The summed E-state index contributed by atoms with van der Waals surface area (Å²) in [5.74, 6) is -0.120. The van der Waals surface area contributed by atoms with E-state index in [-0.39, 0.29) is 5.02 Å². The maximum absolute atomic E-state index is 13.7. The van der Waals surface area contributed by atoms with Crippen LogP contribution in [-0.2, 0) is 4.74 Å². The van der Waals surface area contributed by atoms with Crippen molar-refractivity contribution in [2.24, 2.45) is 4.99 Å². The van der Waals surface area contributed by atoms with E-state index in [9.17, 15) is 9.18 Å². The first-order valence-corrected chi connectivity index (χ1v) is 11.7. The van der Waals surface area contributed by atoms with Gasteiger partial charge in [0, 0.05) is 26.4 Å². The summed E-state index contributed by atoms with van der Waals surface area (Å²) < 4.78 is 19.9. The van der Waals surface area contributed by atoms with Crippen molar-refractivity contribution in [1.82, 2.24) is 9.88 Å². The molecule has 0 radical (unpaired) electrons. The highest BCUT2D eigenvalue weighted by Gasteiger charge is 2.40. The Hall–Kier alpha value is -1.29. The number of amides is 1. The van der Waals surface area contributed by atoms with Gasteiger partial charge < -0.3 is 4.74 Å². The molecule has 2 aromatic rings. The van der Waals surface area contributed by atoms with E-state index in [2.05, 4.69) is 41.8 Å². The molecule has 0 saturated carbocycles. The summed E-state index contributed by atoms with van der Waals surface area (Å²) in [7, 11) is 0. The third-order valence-electron chi connectivity index (χ3n) is 3.84. The zero-order valence-electron chi connectivity index (χ0n) is 15.7. The van der Waals surface area contributed by atoms with Gasteiger partial charge in [-0.3, -0.25) is 0 Å². The summed E-state index contributed by atoms with van der Waals surface area (Å²) in [5.41, 5.74) is 0.474. The van der Waals surface area contributed by atoms with Crippen LogP contribution in [0.2, 0.25) is 5.02 Å². The Labute approximate surface area is 193 Å². The van der Waals surface area contributed by atoms with Crippen molar-refractivity contribution < 1.29 is 13.9 Å². The smallest absolute Gasteiger partial charge is 0.416 e. The highest BCUT2D eigenvalue weighted by molar-refractivity contribution is 9.12. The minimum Gasteiger partial charge on any atom is -0.443 e. The molecule has 1 aromatic carbocycles. The molecule has 10 heteroatoms. The number of ether oxygens (including phenoxy) is 1. The average Bonchev–Trinajstić information content (AvgIpc) is 3.15. The lowest BCUT2D eigenvalue weighted by molar-refractivity contribution is 0.0331. The van der Waals surface area contributed by atoms with Crippen molar-refractivity contribution in [1.29, 1.82) is 0 Å². The monoisotopic (exact) mass is 563 g/mol. The number of amidine groups is 1. The predicted molar refractivity (Wildman–Crippen MR) is 121 cm³/mol. The van der Waals surface area contributed by atoms with Gasteiger partial charge in [0.2, 0.25) is 0 Å². The van der Waals surface area contributed by atoms with E-state index >= 15 is 0 Å². The van der Waals surface area contributed by atoms with Crippen molar-refractivity contribution >= 4 is 66.7 Å². The van der Waals surface area contributed by atoms with Crippen molar-refractivity contribution in [3.05, 3.63) is 61.4 Å². The molecule has 0 saturated heterocycles. The third-order valence-corrected chi connectivity index (χ3v) is 6.36. The van der Waals surface area contributed by atoms with Gasteiger partial charge in [0.1, 0.15) is 17.5 Å². The molecule has 2 heterocycles. The molecule has 1 aliphatic heterocycles. The Bertz CT molecular complexity index is 990. The zero-order valence-corrected chi connectivity index (χ0v) is 20.5. The molecule has 0 unspecified atom stereocenters. The Morgan fingerprint density at radius 1 is 1.41 bits per heavy atom. The molecule has 5 nitrogen and oxygen atoms in total. The quantitative estimate of drug-likeness (QED) is 0.391. The number of nitrogens with zero attached hydrogens (tertiary/aromatic N) is 3. The second-order valence-electron chi connectivity index (χ2n) is 7.12. The summed E-state index contributed by atoms with van der Waals surface area (Å²) >= 11 is 14.7. The third kappa shape index (κ3) is 4.90. The molecule has 1 aliphatic rings. The molecule has 1 amide bonds. The number of carbonyl (C=O) groups excluding carboxylic acids is 1. The maximum Gasteiger partial charge on any atom is 0.416 e. The van der Waals surface area contributed by atoms with Gasteiger partial charge in [-0.1, -0.05) is 49.5 Å². The minimum absolute atomic E-state index is 0.190.